The van der Waals surface area contributed by atoms with Gasteiger partial charge in [-0.2, -0.15) is 0 Å². The monoisotopic (exact) mass is 357 g/mol. The predicted molar refractivity (Wildman–Crippen MR) is 97.6 cm³/mol. The first-order valence-electron chi connectivity index (χ1n) is 8.83. The van der Waals surface area contributed by atoms with Gasteiger partial charge in [0.2, 0.25) is 0 Å². The van der Waals surface area contributed by atoms with Crippen molar-refractivity contribution in [2.24, 2.45) is 0 Å². The molecule has 0 N–H and O–H groups in total. The Morgan fingerprint density at radius 3 is 2.96 bits per heavy atom. The van der Waals surface area contributed by atoms with Gasteiger partial charge in [-0.25, -0.2) is 9.37 Å². The molecular weight excluding hydrogens is 333 g/mol. The minimum atomic E-state index is -0.431. The molecule has 0 spiro atoms. The summed E-state index contributed by atoms with van der Waals surface area (Å²) in [6.45, 7) is 2.40. The first-order valence-corrected chi connectivity index (χ1v) is 8.83. The zero-order valence-corrected chi connectivity index (χ0v) is 15.2. The van der Waals surface area contributed by atoms with Crippen LogP contribution in [0.4, 0.5) is 4.39 Å². The highest BCUT2D eigenvalue weighted by atomic mass is 19.1. The lowest BCUT2D eigenvalue weighted by Crippen LogP contribution is -2.40. The number of halogens is 1. The minimum absolute atomic E-state index is 0.00247. The van der Waals surface area contributed by atoms with Crippen molar-refractivity contribution in [2.45, 2.75) is 25.5 Å². The molecule has 1 amide bonds. The summed E-state index contributed by atoms with van der Waals surface area (Å²) in [4.78, 5) is 19.9. The molecule has 26 heavy (non-hydrogen) atoms. The van der Waals surface area contributed by atoms with E-state index >= 15 is 0 Å². The van der Waals surface area contributed by atoms with Gasteiger partial charge in [0.1, 0.15) is 6.10 Å². The SMILES string of the molecule is CN(C)C(=O)c1cccc(CN2CCCC(Oc3ncccc3F)C2)c1. The van der Waals surface area contributed by atoms with E-state index in [4.69, 9.17) is 4.74 Å². The van der Waals surface area contributed by atoms with Crippen molar-refractivity contribution in [2.75, 3.05) is 27.2 Å². The van der Waals surface area contributed by atoms with Crippen LogP contribution in [0.1, 0.15) is 28.8 Å². The number of hydrogen-bond acceptors (Lipinski definition) is 4. The van der Waals surface area contributed by atoms with Crippen molar-refractivity contribution in [3.05, 3.63) is 59.5 Å². The molecule has 1 aliphatic heterocycles. The van der Waals surface area contributed by atoms with Crippen LogP contribution < -0.4 is 4.74 Å². The molecule has 2 aromatic rings. The highest BCUT2D eigenvalue weighted by Crippen LogP contribution is 2.20. The molecule has 1 atom stereocenters. The molecule has 138 valence electrons. The lowest BCUT2D eigenvalue weighted by Gasteiger charge is -2.32. The van der Waals surface area contributed by atoms with Crippen LogP contribution in [0.15, 0.2) is 42.6 Å². The number of piperidine rings is 1. The lowest BCUT2D eigenvalue weighted by atomic mass is 10.1. The maximum absolute atomic E-state index is 13.7. The second kappa shape index (κ2) is 8.27. The number of hydrogen-bond donors (Lipinski definition) is 0. The Morgan fingerprint density at radius 2 is 2.19 bits per heavy atom. The van der Waals surface area contributed by atoms with Crippen LogP contribution in [0, 0.1) is 5.82 Å². The Kier molecular flexibility index (Phi) is 5.83. The van der Waals surface area contributed by atoms with Crippen molar-refractivity contribution < 1.29 is 13.9 Å². The summed E-state index contributed by atoms with van der Waals surface area (Å²) in [7, 11) is 3.50. The van der Waals surface area contributed by atoms with E-state index in [9.17, 15) is 9.18 Å². The molecule has 1 saturated heterocycles. The van der Waals surface area contributed by atoms with Crippen molar-refractivity contribution in [3.63, 3.8) is 0 Å². The predicted octanol–water partition coefficient (Wildman–Crippen LogP) is 2.97. The first-order chi connectivity index (χ1) is 12.5. The summed E-state index contributed by atoms with van der Waals surface area (Å²) >= 11 is 0. The number of nitrogens with zero attached hydrogens (tertiary/aromatic N) is 3. The first kappa shape index (κ1) is 18.3. The van der Waals surface area contributed by atoms with Crippen molar-refractivity contribution in [3.8, 4) is 5.88 Å². The molecule has 6 heteroatoms. The standard InChI is InChI=1S/C20H24FN3O2/c1-23(2)20(25)16-7-3-6-15(12-16)13-24-11-5-8-17(14-24)26-19-18(21)9-4-10-22-19/h3-4,6-7,9-10,12,17H,5,8,11,13-14H2,1-2H3. The van der Waals surface area contributed by atoms with E-state index in [1.807, 2.05) is 24.3 Å². The van der Waals surface area contributed by atoms with Crippen molar-refractivity contribution in [1.82, 2.24) is 14.8 Å². The van der Waals surface area contributed by atoms with E-state index in [0.29, 0.717) is 12.1 Å². The van der Waals surface area contributed by atoms with Gasteiger partial charge >= 0.3 is 0 Å². The maximum atomic E-state index is 13.7. The van der Waals surface area contributed by atoms with E-state index in [0.717, 1.165) is 31.5 Å². The fourth-order valence-electron chi connectivity index (χ4n) is 3.19. The largest absolute Gasteiger partial charge is 0.471 e. The number of pyridine rings is 1. The zero-order valence-electron chi connectivity index (χ0n) is 15.2. The van der Waals surface area contributed by atoms with Crippen LogP contribution in [0.25, 0.3) is 0 Å². The lowest BCUT2D eigenvalue weighted by molar-refractivity contribution is 0.0772. The quantitative estimate of drug-likeness (QED) is 0.825. The van der Waals surface area contributed by atoms with Crippen LogP contribution in [0.5, 0.6) is 5.88 Å². The Hall–Kier alpha value is -2.47. The average molecular weight is 357 g/mol. The molecular formula is C20H24FN3O2. The summed E-state index contributed by atoms with van der Waals surface area (Å²) in [6, 6.07) is 10.6. The Morgan fingerprint density at radius 1 is 1.35 bits per heavy atom. The van der Waals surface area contributed by atoms with Crippen molar-refractivity contribution in [1.29, 1.82) is 0 Å². The van der Waals surface area contributed by atoms with Crippen LogP contribution in [-0.2, 0) is 6.54 Å². The fraction of sp³-hybridized carbons (Fsp3) is 0.400. The molecule has 3 rings (SSSR count). The van der Waals surface area contributed by atoms with E-state index in [1.165, 1.54) is 12.3 Å². The highest BCUT2D eigenvalue weighted by Gasteiger charge is 2.23. The normalized spacial score (nSPS) is 17.7. The van der Waals surface area contributed by atoms with Gasteiger partial charge in [0.15, 0.2) is 5.82 Å². The van der Waals surface area contributed by atoms with Gasteiger partial charge in [0, 0.05) is 38.9 Å². The third-order valence-corrected chi connectivity index (χ3v) is 4.45. The molecule has 1 aliphatic rings. The third kappa shape index (κ3) is 4.58. The minimum Gasteiger partial charge on any atom is -0.471 e. The Balaban J connectivity index is 1.63. The number of likely N-dealkylation sites (tertiary alicyclic amines) is 1. The summed E-state index contributed by atoms with van der Waals surface area (Å²) in [5.41, 5.74) is 1.77. The van der Waals surface area contributed by atoms with Crippen LogP contribution in [0.3, 0.4) is 0 Å². The maximum Gasteiger partial charge on any atom is 0.253 e. The second-order valence-corrected chi connectivity index (χ2v) is 6.81. The van der Waals surface area contributed by atoms with Gasteiger partial charge in [0.25, 0.3) is 11.8 Å². The molecule has 0 bridgehead atoms. The smallest absolute Gasteiger partial charge is 0.253 e. The molecule has 5 nitrogen and oxygen atoms in total. The molecule has 0 saturated carbocycles. The number of benzene rings is 1. The van der Waals surface area contributed by atoms with Crippen molar-refractivity contribution >= 4 is 5.91 Å². The topological polar surface area (TPSA) is 45.7 Å². The number of ether oxygens (including phenoxy) is 1. The highest BCUT2D eigenvalue weighted by molar-refractivity contribution is 5.94. The molecule has 0 radical (unpaired) electrons. The second-order valence-electron chi connectivity index (χ2n) is 6.81. The molecule has 1 aromatic carbocycles. The van der Waals surface area contributed by atoms with Crippen LogP contribution >= 0.6 is 0 Å². The van der Waals surface area contributed by atoms with Gasteiger partial charge < -0.3 is 9.64 Å². The summed E-state index contributed by atoms with van der Waals surface area (Å²) in [5.74, 6) is -0.366. The molecule has 1 unspecified atom stereocenters. The molecule has 1 aromatic heterocycles. The van der Waals surface area contributed by atoms with Gasteiger partial charge in [-0.3, -0.25) is 9.69 Å². The van der Waals surface area contributed by atoms with Crippen LogP contribution in [0.2, 0.25) is 0 Å². The van der Waals surface area contributed by atoms with E-state index in [1.54, 1.807) is 25.1 Å². The molecule has 0 aliphatic carbocycles. The molecule has 1 fully saturated rings. The fourth-order valence-corrected chi connectivity index (χ4v) is 3.19. The van der Waals surface area contributed by atoms with Gasteiger partial charge in [0.05, 0.1) is 0 Å². The average Bonchev–Trinajstić information content (AvgIpc) is 2.63. The molecule has 2 heterocycles. The number of amides is 1. The number of aromatic nitrogens is 1. The summed E-state index contributed by atoms with van der Waals surface area (Å²) < 4.78 is 19.5. The Labute approximate surface area is 153 Å². The van der Waals surface area contributed by atoms with Gasteiger partial charge in [-0.05, 0) is 49.2 Å². The van der Waals surface area contributed by atoms with Gasteiger partial charge in [-0.15, -0.1) is 0 Å². The third-order valence-electron chi connectivity index (χ3n) is 4.45. The Bertz CT molecular complexity index is 766. The van der Waals surface area contributed by atoms with Crippen LogP contribution in [-0.4, -0.2) is 54.0 Å². The number of carbonyl (C=O) groups excluding carboxylic acids is 1. The number of carbonyl (C=O) groups is 1. The van der Waals surface area contributed by atoms with E-state index < -0.39 is 5.82 Å². The van der Waals surface area contributed by atoms with Gasteiger partial charge in [-0.1, -0.05) is 12.1 Å². The van der Waals surface area contributed by atoms with E-state index in [-0.39, 0.29) is 17.9 Å². The zero-order chi connectivity index (χ0) is 18.5. The summed E-state index contributed by atoms with van der Waals surface area (Å²) in [5, 5.41) is 0. The number of rotatable bonds is 5. The van der Waals surface area contributed by atoms with E-state index in [2.05, 4.69) is 9.88 Å². The summed E-state index contributed by atoms with van der Waals surface area (Å²) in [6.07, 6.45) is 3.31.